The molecule has 0 saturated heterocycles. The standard InChI is InChI=1S/C17H14F3N3O/c18-17(19,20)13-5-6-15-14(7-13)16(24)23(10-22-15)9-12-3-1-11(8-21)2-4-12/h1-7,10H,8-9,21H2. The van der Waals surface area contributed by atoms with Crippen LogP contribution < -0.4 is 11.3 Å². The molecule has 3 rings (SSSR count). The molecule has 2 N–H and O–H groups in total. The van der Waals surface area contributed by atoms with Crippen molar-refractivity contribution in [1.82, 2.24) is 9.55 Å². The first-order valence-corrected chi connectivity index (χ1v) is 7.23. The zero-order valence-electron chi connectivity index (χ0n) is 12.5. The van der Waals surface area contributed by atoms with Gasteiger partial charge in [0.1, 0.15) is 0 Å². The molecule has 124 valence electrons. The third-order valence-corrected chi connectivity index (χ3v) is 3.76. The highest BCUT2D eigenvalue weighted by Crippen LogP contribution is 2.30. The second kappa shape index (κ2) is 6.09. The first-order chi connectivity index (χ1) is 11.4. The van der Waals surface area contributed by atoms with E-state index in [-0.39, 0.29) is 17.4 Å². The zero-order chi connectivity index (χ0) is 17.3. The van der Waals surface area contributed by atoms with E-state index in [1.165, 1.54) is 17.0 Å². The third kappa shape index (κ3) is 3.16. The van der Waals surface area contributed by atoms with Crippen molar-refractivity contribution >= 4 is 10.9 Å². The molecule has 7 heteroatoms. The van der Waals surface area contributed by atoms with E-state index in [1.807, 2.05) is 24.3 Å². The van der Waals surface area contributed by atoms with Gasteiger partial charge in [-0.3, -0.25) is 9.36 Å². The fourth-order valence-corrected chi connectivity index (χ4v) is 2.43. The number of benzene rings is 2. The Balaban J connectivity index is 2.02. The Morgan fingerprint density at radius 2 is 1.71 bits per heavy atom. The van der Waals surface area contributed by atoms with Gasteiger partial charge in [0, 0.05) is 6.54 Å². The van der Waals surface area contributed by atoms with Crippen LogP contribution >= 0.6 is 0 Å². The van der Waals surface area contributed by atoms with Gasteiger partial charge in [-0.2, -0.15) is 13.2 Å². The van der Waals surface area contributed by atoms with Gasteiger partial charge in [0.15, 0.2) is 0 Å². The zero-order valence-corrected chi connectivity index (χ0v) is 12.5. The third-order valence-electron chi connectivity index (χ3n) is 3.76. The first-order valence-electron chi connectivity index (χ1n) is 7.23. The lowest BCUT2D eigenvalue weighted by Gasteiger charge is -2.10. The van der Waals surface area contributed by atoms with Gasteiger partial charge in [-0.05, 0) is 29.3 Å². The lowest BCUT2D eigenvalue weighted by Crippen LogP contribution is -2.21. The van der Waals surface area contributed by atoms with E-state index in [0.717, 1.165) is 23.3 Å². The number of rotatable bonds is 3. The van der Waals surface area contributed by atoms with Crippen LogP contribution in [0.5, 0.6) is 0 Å². The summed E-state index contributed by atoms with van der Waals surface area (Å²) < 4.78 is 39.8. The maximum atomic E-state index is 12.8. The highest BCUT2D eigenvalue weighted by Gasteiger charge is 2.30. The van der Waals surface area contributed by atoms with Crippen LogP contribution in [0.1, 0.15) is 16.7 Å². The Labute approximate surface area is 135 Å². The molecule has 4 nitrogen and oxygen atoms in total. The molecule has 0 aliphatic carbocycles. The quantitative estimate of drug-likeness (QED) is 0.802. The number of alkyl halides is 3. The van der Waals surface area contributed by atoms with E-state index < -0.39 is 17.3 Å². The summed E-state index contributed by atoms with van der Waals surface area (Å²) in [5.74, 6) is 0. The number of hydrogen-bond donors (Lipinski definition) is 1. The van der Waals surface area contributed by atoms with Gasteiger partial charge >= 0.3 is 6.18 Å². The summed E-state index contributed by atoms with van der Waals surface area (Å²) in [6, 6.07) is 10.3. The molecule has 24 heavy (non-hydrogen) atoms. The molecule has 0 atom stereocenters. The first kappa shape index (κ1) is 16.2. The minimum atomic E-state index is -4.50. The number of fused-ring (bicyclic) bond motifs is 1. The van der Waals surface area contributed by atoms with E-state index in [9.17, 15) is 18.0 Å². The van der Waals surface area contributed by atoms with E-state index >= 15 is 0 Å². The molecule has 1 heterocycles. The fourth-order valence-electron chi connectivity index (χ4n) is 2.43. The Bertz CT molecular complexity index is 930. The molecule has 3 aromatic rings. The van der Waals surface area contributed by atoms with Gasteiger partial charge in [0.25, 0.3) is 5.56 Å². The van der Waals surface area contributed by atoms with Crippen LogP contribution in [0, 0.1) is 0 Å². The molecule has 0 bridgehead atoms. The van der Waals surface area contributed by atoms with Crippen molar-refractivity contribution in [2.75, 3.05) is 0 Å². The smallest absolute Gasteiger partial charge is 0.326 e. The summed E-state index contributed by atoms with van der Waals surface area (Å²) in [6.45, 7) is 0.640. The monoisotopic (exact) mass is 333 g/mol. The van der Waals surface area contributed by atoms with Crippen molar-refractivity contribution in [1.29, 1.82) is 0 Å². The Morgan fingerprint density at radius 3 is 2.33 bits per heavy atom. The summed E-state index contributed by atoms with van der Waals surface area (Å²) in [6.07, 6.45) is -3.16. The van der Waals surface area contributed by atoms with Crippen LogP contribution in [0.2, 0.25) is 0 Å². The normalized spacial score (nSPS) is 11.8. The van der Waals surface area contributed by atoms with Crippen LogP contribution in [0.15, 0.2) is 53.6 Å². The topological polar surface area (TPSA) is 60.9 Å². The molecule has 0 saturated carbocycles. The van der Waals surface area contributed by atoms with E-state index in [2.05, 4.69) is 4.98 Å². The van der Waals surface area contributed by atoms with Gasteiger partial charge in [0.2, 0.25) is 0 Å². The van der Waals surface area contributed by atoms with Gasteiger partial charge in [-0.25, -0.2) is 4.98 Å². The lowest BCUT2D eigenvalue weighted by molar-refractivity contribution is -0.137. The summed E-state index contributed by atoms with van der Waals surface area (Å²) in [7, 11) is 0. The molecule has 0 radical (unpaired) electrons. The molecular weight excluding hydrogens is 319 g/mol. The second-order valence-electron chi connectivity index (χ2n) is 5.43. The summed E-state index contributed by atoms with van der Waals surface area (Å²) >= 11 is 0. The summed E-state index contributed by atoms with van der Waals surface area (Å²) in [5.41, 5.74) is 6.19. The average Bonchev–Trinajstić information content (AvgIpc) is 2.57. The van der Waals surface area contributed by atoms with Crippen molar-refractivity contribution in [3.63, 3.8) is 0 Å². The Hall–Kier alpha value is -2.67. The van der Waals surface area contributed by atoms with Crippen LogP contribution in [0.3, 0.4) is 0 Å². The van der Waals surface area contributed by atoms with Crippen LogP contribution in [-0.2, 0) is 19.3 Å². The summed E-state index contributed by atoms with van der Waals surface area (Å²) in [4.78, 5) is 16.5. The van der Waals surface area contributed by atoms with Crippen molar-refractivity contribution in [3.8, 4) is 0 Å². The summed E-state index contributed by atoms with van der Waals surface area (Å²) in [5, 5.41) is -0.0501. The number of halogens is 3. The highest BCUT2D eigenvalue weighted by atomic mass is 19.4. The molecule has 1 aromatic heterocycles. The van der Waals surface area contributed by atoms with Gasteiger partial charge in [0.05, 0.1) is 29.3 Å². The largest absolute Gasteiger partial charge is 0.416 e. The number of nitrogens with zero attached hydrogens (tertiary/aromatic N) is 2. The number of aromatic nitrogens is 2. The van der Waals surface area contributed by atoms with Gasteiger partial charge in [-0.1, -0.05) is 24.3 Å². The maximum absolute atomic E-state index is 12.8. The highest BCUT2D eigenvalue weighted by molar-refractivity contribution is 5.78. The molecule has 0 unspecified atom stereocenters. The van der Waals surface area contributed by atoms with E-state index in [4.69, 9.17) is 5.73 Å². The van der Waals surface area contributed by atoms with Crippen molar-refractivity contribution in [2.45, 2.75) is 19.3 Å². The average molecular weight is 333 g/mol. The lowest BCUT2D eigenvalue weighted by atomic mass is 10.1. The fraction of sp³-hybridized carbons (Fsp3) is 0.176. The number of hydrogen-bond acceptors (Lipinski definition) is 3. The molecule has 0 aliphatic rings. The van der Waals surface area contributed by atoms with Crippen LogP contribution in [0.25, 0.3) is 10.9 Å². The second-order valence-corrected chi connectivity index (χ2v) is 5.43. The molecule has 0 aliphatic heterocycles. The minimum absolute atomic E-state index is 0.0501. The Morgan fingerprint density at radius 1 is 1.04 bits per heavy atom. The van der Waals surface area contributed by atoms with Crippen molar-refractivity contribution < 1.29 is 13.2 Å². The Kier molecular flexibility index (Phi) is 4.11. The molecule has 0 spiro atoms. The predicted molar refractivity (Wildman–Crippen MR) is 84.4 cm³/mol. The maximum Gasteiger partial charge on any atom is 0.416 e. The van der Waals surface area contributed by atoms with Crippen LogP contribution in [0.4, 0.5) is 13.2 Å². The number of nitrogens with two attached hydrogens (primary N) is 1. The minimum Gasteiger partial charge on any atom is -0.326 e. The SMILES string of the molecule is NCc1ccc(Cn2cnc3ccc(C(F)(F)F)cc3c2=O)cc1. The van der Waals surface area contributed by atoms with Gasteiger partial charge < -0.3 is 5.73 Å². The molecule has 0 amide bonds. The van der Waals surface area contributed by atoms with Crippen LogP contribution in [-0.4, -0.2) is 9.55 Å². The molecule has 0 fully saturated rings. The predicted octanol–water partition coefficient (Wildman–Crippen LogP) is 2.92. The van der Waals surface area contributed by atoms with Gasteiger partial charge in [-0.15, -0.1) is 0 Å². The molecule has 2 aromatic carbocycles. The van der Waals surface area contributed by atoms with E-state index in [0.29, 0.717) is 6.54 Å². The van der Waals surface area contributed by atoms with Crippen molar-refractivity contribution in [3.05, 3.63) is 75.8 Å². The van der Waals surface area contributed by atoms with E-state index in [1.54, 1.807) is 0 Å². The molecular formula is C17H14F3N3O. The van der Waals surface area contributed by atoms with Crippen molar-refractivity contribution in [2.24, 2.45) is 5.73 Å².